The van der Waals surface area contributed by atoms with Crippen LogP contribution in [0.15, 0.2) is 72.8 Å². The van der Waals surface area contributed by atoms with Gasteiger partial charge in [0, 0.05) is 24.4 Å². The number of benzene rings is 3. The van der Waals surface area contributed by atoms with Gasteiger partial charge in [0.15, 0.2) is 0 Å². The second kappa shape index (κ2) is 8.55. The van der Waals surface area contributed by atoms with Gasteiger partial charge in [-0.15, -0.1) is 0 Å². The molecule has 1 amide bonds. The Balaban J connectivity index is 1.15. The van der Waals surface area contributed by atoms with Crippen LogP contribution in [0.2, 0.25) is 0 Å². The van der Waals surface area contributed by atoms with Crippen molar-refractivity contribution in [1.29, 1.82) is 5.26 Å². The zero-order valence-corrected chi connectivity index (χ0v) is 19.6. The van der Waals surface area contributed by atoms with Crippen molar-refractivity contribution in [1.82, 2.24) is 4.90 Å². The minimum absolute atomic E-state index is 0.0199. The first-order valence-electron chi connectivity index (χ1n) is 12.4. The van der Waals surface area contributed by atoms with Gasteiger partial charge in [-0.3, -0.25) is 0 Å². The van der Waals surface area contributed by atoms with Crippen LogP contribution in [0, 0.1) is 11.3 Å². The molecule has 176 valence electrons. The van der Waals surface area contributed by atoms with E-state index in [1.54, 1.807) is 6.07 Å². The van der Waals surface area contributed by atoms with E-state index in [0.717, 1.165) is 18.4 Å². The molecule has 3 aromatic carbocycles. The van der Waals surface area contributed by atoms with E-state index in [1.165, 1.54) is 22.3 Å². The molecule has 2 heterocycles. The lowest BCUT2D eigenvalue weighted by Crippen LogP contribution is -2.54. The molecule has 2 bridgehead atoms. The molecule has 2 saturated heterocycles. The summed E-state index contributed by atoms with van der Waals surface area (Å²) >= 11 is 0. The van der Waals surface area contributed by atoms with Crippen molar-refractivity contribution >= 4 is 6.09 Å². The molecule has 0 aromatic heterocycles. The van der Waals surface area contributed by atoms with Crippen LogP contribution in [0.3, 0.4) is 0 Å². The number of piperidine rings is 1. The maximum absolute atomic E-state index is 13.3. The molecule has 3 aromatic rings. The molecule has 2 atom stereocenters. The number of nitriles is 1. The number of hydrogen-bond donors (Lipinski definition) is 1. The van der Waals surface area contributed by atoms with Gasteiger partial charge in [-0.2, -0.15) is 5.26 Å². The van der Waals surface area contributed by atoms with Gasteiger partial charge >= 0.3 is 6.09 Å². The van der Waals surface area contributed by atoms with Crippen LogP contribution >= 0.6 is 0 Å². The third-order valence-corrected chi connectivity index (χ3v) is 7.99. The molecule has 6 rings (SSSR count). The molecule has 1 aliphatic carbocycles. The number of rotatable bonds is 4. The van der Waals surface area contributed by atoms with Crippen LogP contribution < -0.4 is 0 Å². The molecule has 35 heavy (non-hydrogen) atoms. The summed E-state index contributed by atoms with van der Waals surface area (Å²) in [6.07, 6.45) is 3.06. The van der Waals surface area contributed by atoms with Crippen LogP contribution in [-0.4, -0.2) is 40.4 Å². The SMILES string of the molecule is N#Cc1cccc(CC2(O)CC3CCC(C2)N3C(=O)OCC2c3ccccc3-c3ccccc32)c1. The van der Waals surface area contributed by atoms with Crippen LogP contribution in [0.25, 0.3) is 11.1 Å². The maximum atomic E-state index is 13.3. The summed E-state index contributed by atoms with van der Waals surface area (Å²) in [5.74, 6) is 0.0399. The molecule has 1 N–H and O–H groups in total. The Bertz CT molecular complexity index is 1270. The lowest BCUT2D eigenvalue weighted by atomic mass is 9.81. The largest absolute Gasteiger partial charge is 0.448 e. The molecule has 5 heteroatoms. The van der Waals surface area contributed by atoms with Gasteiger partial charge in [0.1, 0.15) is 6.61 Å². The zero-order valence-electron chi connectivity index (χ0n) is 19.6. The average Bonchev–Trinajstić information content (AvgIpc) is 3.35. The predicted molar refractivity (Wildman–Crippen MR) is 133 cm³/mol. The number of nitrogens with zero attached hydrogens (tertiary/aromatic N) is 2. The minimum Gasteiger partial charge on any atom is -0.448 e. The van der Waals surface area contributed by atoms with E-state index in [4.69, 9.17) is 4.74 Å². The first-order valence-corrected chi connectivity index (χ1v) is 12.4. The highest BCUT2D eigenvalue weighted by Crippen LogP contribution is 2.46. The second-order valence-electron chi connectivity index (χ2n) is 10.2. The maximum Gasteiger partial charge on any atom is 0.410 e. The fourth-order valence-electron chi connectivity index (χ4n) is 6.56. The summed E-state index contributed by atoms with van der Waals surface area (Å²) in [6.45, 7) is 0.314. The summed E-state index contributed by atoms with van der Waals surface area (Å²) < 4.78 is 5.95. The number of hydrogen-bond acceptors (Lipinski definition) is 4. The molecule has 2 aliphatic heterocycles. The lowest BCUT2D eigenvalue weighted by Gasteiger charge is -2.43. The van der Waals surface area contributed by atoms with E-state index >= 15 is 0 Å². The standard InChI is InChI=1S/C30H28N2O3/c31-18-21-7-5-6-20(14-21)15-30(34)16-22-12-13-23(17-30)32(22)29(33)35-19-28-26-10-3-1-8-24(26)25-9-2-4-11-27(25)28/h1-11,14,22-23,28,34H,12-13,15-17,19H2. The Kier molecular flexibility index (Phi) is 5.35. The Morgan fingerprint density at radius 1 is 0.971 bits per heavy atom. The summed E-state index contributed by atoms with van der Waals surface area (Å²) in [4.78, 5) is 15.2. The molecule has 2 fully saturated rings. The molecule has 5 nitrogen and oxygen atoms in total. The van der Waals surface area contributed by atoms with Gasteiger partial charge in [0.2, 0.25) is 0 Å². The highest BCUT2D eigenvalue weighted by Gasteiger charge is 2.50. The monoisotopic (exact) mass is 464 g/mol. The highest BCUT2D eigenvalue weighted by molar-refractivity contribution is 5.79. The van der Waals surface area contributed by atoms with Gasteiger partial charge < -0.3 is 14.7 Å². The Morgan fingerprint density at radius 2 is 1.60 bits per heavy atom. The van der Waals surface area contributed by atoms with E-state index < -0.39 is 5.60 Å². The number of carbonyl (C=O) groups is 1. The summed E-state index contributed by atoms with van der Waals surface area (Å²) in [5.41, 5.74) is 5.53. The van der Waals surface area contributed by atoms with Crippen molar-refractivity contribution in [2.45, 2.75) is 55.7 Å². The number of fused-ring (bicyclic) bond motifs is 5. The number of carbonyl (C=O) groups excluding carboxylic acids is 1. The van der Waals surface area contributed by atoms with E-state index in [2.05, 4.69) is 30.3 Å². The third-order valence-electron chi connectivity index (χ3n) is 7.99. The normalized spacial score (nSPS) is 24.5. The fraction of sp³-hybridized carbons (Fsp3) is 0.333. The van der Waals surface area contributed by atoms with Gasteiger partial charge in [0.25, 0.3) is 0 Å². The summed E-state index contributed by atoms with van der Waals surface area (Å²) in [6, 6.07) is 26.3. The van der Waals surface area contributed by atoms with Crippen molar-refractivity contribution in [3.05, 3.63) is 95.1 Å². The highest BCUT2D eigenvalue weighted by atomic mass is 16.6. The summed E-state index contributed by atoms with van der Waals surface area (Å²) in [7, 11) is 0. The fourth-order valence-corrected chi connectivity index (χ4v) is 6.56. The average molecular weight is 465 g/mol. The van der Waals surface area contributed by atoms with E-state index in [1.807, 2.05) is 47.4 Å². The molecule has 2 unspecified atom stereocenters. The molecular weight excluding hydrogens is 436 g/mol. The topological polar surface area (TPSA) is 73.6 Å². The first kappa shape index (κ1) is 21.9. The predicted octanol–water partition coefficient (Wildman–Crippen LogP) is 5.41. The zero-order chi connectivity index (χ0) is 24.0. The molecule has 0 radical (unpaired) electrons. The van der Waals surface area contributed by atoms with Crippen molar-refractivity contribution in [3.63, 3.8) is 0 Å². The van der Waals surface area contributed by atoms with Crippen LogP contribution in [-0.2, 0) is 11.2 Å². The molecule has 0 saturated carbocycles. The van der Waals surface area contributed by atoms with E-state index in [0.29, 0.717) is 31.4 Å². The Morgan fingerprint density at radius 3 is 2.23 bits per heavy atom. The number of amides is 1. The summed E-state index contributed by atoms with van der Waals surface area (Å²) in [5, 5.41) is 20.6. The van der Waals surface area contributed by atoms with E-state index in [-0.39, 0.29) is 24.1 Å². The van der Waals surface area contributed by atoms with Gasteiger partial charge in [-0.25, -0.2) is 4.79 Å². The van der Waals surface area contributed by atoms with E-state index in [9.17, 15) is 15.2 Å². The van der Waals surface area contributed by atoms with Gasteiger partial charge in [0.05, 0.1) is 17.2 Å². The van der Waals surface area contributed by atoms with Crippen molar-refractivity contribution in [2.24, 2.45) is 0 Å². The Labute approximate surface area is 205 Å². The first-order chi connectivity index (χ1) is 17.0. The van der Waals surface area contributed by atoms with Crippen molar-refractivity contribution in [3.8, 4) is 17.2 Å². The number of aliphatic hydroxyl groups is 1. The molecular formula is C30H28N2O3. The van der Waals surface area contributed by atoms with Crippen LogP contribution in [0.5, 0.6) is 0 Å². The molecule has 3 aliphatic rings. The quantitative estimate of drug-likeness (QED) is 0.560. The van der Waals surface area contributed by atoms with Crippen LogP contribution in [0.1, 0.15) is 53.9 Å². The minimum atomic E-state index is -0.875. The third kappa shape index (κ3) is 3.88. The Hall–Kier alpha value is -3.62. The number of ether oxygens (including phenoxy) is 1. The second-order valence-corrected chi connectivity index (χ2v) is 10.2. The van der Waals surface area contributed by atoms with Crippen molar-refractivity contribution < 1.29 is 14.6 Å². The smallest absolute Gasteiger partial charge is 0.410 e. The molecule has 0 spiro atoms. The van der Waals surface area contributed by atoms with Gasteiger partial charge in [-0.05, 0) is 65.6 Å². The van der Waals surface area contributed by atoms with Crippen LogP contribution in [0.4, 0.5) is 4.79 Å². The van der Waals surface area contributed by atoms with Crippen molar-refractivity contribution in [2.75, 3.05) is 6.61 Å². The van der Waals surface area contributed by atoms with Gasteiger partial charge in [-0.1, -0.05) is 60.7 Å². The lowest BCUT2D eigenvalue weighted by molar-refractivity contribution is -0.0479.